The zero-order chi connectivity index (χ0) is 19.6. The van der Waals surface area contributed by atoms with Crippen LogP contribution in [0, 0.1) is 13.8 Å². The third kappa shape index (κ3) is 1.97. The van der Waals surface area contributed by atoms with Crippen LogP contribution in [0.15, 0.2) is 54.7 Å². The van der Waals surface area contributed by atoms with Gasteiger partial charge in [-0.3, -0.25) is 0 Å². The summed E-state index contributed by atoms with van der Waals surface area (Å²) >= 11 is 0. The van der Waals surface area contributed by atoms with Crippen LogP contribution in [0.4, 0.5) is 0 Å². The minimum absolute atomic E-state index is 0.234. The van der Waals surface area contributed by atoms with E-state index in [2.05, 4.69) is 68.9 Å². The van der Waals surface area contributed by atoms with Crippen molar-refractivity contribution in [1.29, 1.82) is 0 Å². The monoisotopic (exact) mass is 317 g/mol. The van der Waals surface area contributed by atoms with Gasteiger partial charge in [-0.25, -0.2) is 4.57 Å². The molecule has 0 aliphatic heterocycles. The van der Waals surface area contributed by atoms with Crippen LogP contribution in [0.2, 0.25) is 0 Å². The van der Waals surface area contributed by atoms with Crippen molar-refractivity contribution in [2.24, 2.45) is 7.05 Å². The van der Waals surface area contributed by atoms with Gasteiger partial charge in [-0.05, 0) is 59.3 Å². The van der Waals surface area contributed by atoms with E-state index in [4.69, 9.17) is 4.11 Å². The van der Waals surface area contributed by atoms with Gasteiger partial charge in [0.05, 0.1) is 0 Å². The lowest BCUT2D eigenvalue weighted by Gasteiger charge is -2.22. The lowest BCUT2D eigenvalue weighted by molar-refractivity contribution is -0.660. The van der Waals surface area contributed by atoms with Crippen LogP contribution < -0.4 is 4.57 Å². The summed E-state index contributed by atoms with van der Waals surface area (Å²) in [6, 6.07) is 16.3. The second-order valence-corrected chi connectivity index (χ2v) is 7.26. The first kappa shape index (κ1) is 12.0. The SMILES string of the molecule is [2H]C([2H])([2H])c1cccc2c1-c1cc(C)c(-c3cccc[n+]3C)cc1C2(C)C. The fourth-order valence-electron chi connectivity index (χ4n) is 4.02. The smallest absolute Gasteiger partial charge is 0.201 e. The van der Waals surface area contributed by atoms with E-state index in [1.807, 2.05) is 12.1 Å². The minimum Gasteiger partial charge on any atom is -0.201 e. The Hall–Kier alpha value is -2.41. The van der Waals surface area contributed by atoms with E-state index in [1.165, 1.54) is 11.1 Å². The van der Waals surface area contributed by atoms with Crippen molar-refractivity contribution in [3.05, 3.63) is 77.0 Å². The molecule has 1 aliphatic carbocycles. The molecule has 0 saturated heterocycles. The molecule has 1 heteroatoms. The maximum absolute atomic E-state index is 8.00. The Balaban J connectivity index is 2.04. The summed E-state index contributed by atoms with van der Waals surface area (Å²) in [6.07, 6.45) is 2.05. The molecule has 0 amide bonds. The molecular formula is C23H24N+. The summed E-state index contributed by atoms with van der Waals surface area (Å²) in [5.74, 6) is 0. The van der Waals surface area contributed by atoms with Crippen molar-refractivity contribution in [3.8, 4) is 22.4 Å². The van der Waals surface area contributed by atoms with E-state index in [0.29, 0.717) is 5.56 Å². The van der Waals surface area contributed by atoms with E-state index in [-0.39, 0.29) is 5.41 Å². The summed E-state index contributed by atoms with van der Waals surface area (Å²) in [5.41, 5.74) is 7.95. The quantitative estimate of drug-likeness (QED) is 0.550. The van der Waals surface area contributed by atoms with Crippen LogP contribution in [0.3, 0.4) is 0 Å². The molecule has 24 heavy (non-hydrogen) atoms. The molecule has 120 valence electrons. The number of fused-ring (bicyclic) bond motifs is 3. The average molecular weight is 317 g/mol. The van der Waals surface area contributed by atoms with Gasteiger partial charge in [-0.2, -0.15) is 0 Å². The van der Waals surface area contributed by atoms with E-state index in [9.17, 15) is 0 Å². The molecule has 0 unspecified atom stereocenters. The zero-order valence-electron chi connectivity index (χ0n) is 17.6. The molecule has 1 aliphatic rings. The highest BCUT2D eigenvalue weighted by molar-refractivity contribution is 5.86. The summed E-state index contributed by atoms with van der Waals surface area (Å²) in [4.78, 5) is 0. The molecule has 0 saturated carbocycles. The summed E-state index contributed by atoms with van der Waals surface area (Å²) in [5, 5.41) is 0. The Morgan fingerprint density at radius 2 is 1.75 bits per heavy atom. The molecule has 0 atom stereocenters. The molecule has 4 rings (SSSR count). The maximum Gasteiger partial charge on any atom is 0.212 e. The van der Waals surface area contributed by atoms with Crippen molar-refractivity contribution in [2.75, 3.05) is 0 Å². The van der Waals surface area contributed by atoms with Crippen LogP contribution >= 0.6 is 0 Å². The van der Waals surface area contributed by atoms with E-state index in [0.717, 1.165) is 27.9 Å². The minimum atomic E-state index is -2.12. The molecule has 0 radical (unpaired) electrons. The van der Waals surface area contributed by atoms with Gasteiger partial charge in [-0.15, -0.1) is 0 Å². The Bertz CT molecular complexity index is 1060. The highest BCUT2D eigenvalue weighted by Crippen LogP contribution is 2.51. The molecule has 2 aromatic carbocycles. The Morgan fingerprint density at radius 3 is 2.50 bits per heavy atom. The number of hydrogen-bond donors (Lipinski definition) is 0. The summed E-state index contributed by atoms with van der Waals surface area (Å²) < 4.78 is 26.1. The van der Waals surface area contributed by atoms with Gasteiger partial charge in [0.2, 0.25) is 5.69 Å². The zero-order valence-corrected chi connectivity index (χ0v) is 14.6. The number of pyridine rings is 1. The van der Waals surface area contributed by atoms with E-state index < -0.39 is 6.85 Å². The Labute approximate surface area is 148 Å². The van der Waals surface area contributed by atoms with Crippen molar-refractivity contribution in [3.63, 3.8) is 0 Å². The standard InChI is InChI=1S/C23H24N/c1-15-9-8-10-19-22(15)18-13-16(2)17(14-20(18)23(19,3)4)21-11-6-7-12-24(21)5/h6-14H,1-5H3/q+1/i1D3. The fourth-order valence-corrected chi connectivity index (χ4v) is 4.02. The second-order valence-electron chi connectivity index (χ2n) is 7.26. The molecule has 1 heterocycles. The number of rotatable bonds is 1. The molecule has 0 spiro atoms. The van der Waals surface area contributed by atoms with E-state index in [1.54, 1.807) is 6.07 Å². The lowest BCUT2D eigenvalue weighted by atomic mass is 9.81. The topological polar surface area (TPSA) is 3.88 Å². The van der Waals surface area contributed by atoms with Crippen LogP contribution in [0.5, 0.6) is 0 Å². The molecule has 3 aromatic rings. The molecule has 1 aromatic heterocycles. The third-order valence-corrected chi connectivity index (χ3v) is 5.38. The first-order valence-corrected chi connectivity index (χ1v) is 8.37. The van der Waals surface area contributed by atoms with Crippen LogP contribution in [-0.4, -0.2) is 0 Å². The highest BCUT2D eigenvalue weighted by atomic mass is 14.9. The second kappa shape index (κ2) is 5.04. The fraction of sp³-hybridized carbons (Fsp3) is 0.261. The van der Waals surface area contributed by atoms with Crippen LogP contribution in [0.25, 0.3) is 22.4 Å². The van der Waals surface area contributed by atoms with Gasteiger partial charge in [-0.1, -0.05) is 38.1 Å². The predicted octanol–water partition coefficient (Wildman–Crippen LogP) is 5.10. The molecule has 0 N–H and O–H groups in total. The van der Waals surface area contributed by atoms with Gasteiger partial charge in [0.15, 0.2) is 6.20 Å². The Kier molecular flexibility index (Phi) is 2.53. The number of aryl methyl sites for hydroxylation is 3. The predicted molar refractivity (Wildman–Crippen MR) is 100 cm³/mol. The largest absolute Gasteiger partial charge is 0.212 e. The third-order valence-electron chi connectivity index (χ3n) is 5.38. The van der Waals surface area contributed by atoms with Gasteiger partial charge < -0.3 is 0 Å². The molecule has 0 fully saturated rings. The maximum atomic E-state index is 8.00. The first-order chi connectivity index (χ1) is 12.6. The molecule has 1 nitrogen and oxygen atoms in total. The van der Waals surface area contributed by atoms with Crippen molar-refractivity contribution < 1.29 is 8.68 Å². The van der Waals surface area contributed by atoms with Gasteiger partial charge in [0.25, 0.3) is 0 Å². The number of aromatic nitrogens is 1. The normalized spacial score (nSPS) is 16.8. The van der Waals surface area contributed by atoms with Crippen LogP contribution in [-0.2, 0) is 12.5 Å². The number of hydrogen-bond acceptors (Lipinski definition) is 0. The highest BCUT2D eigenvalue weighted by Gasteiger charge is 2.37. The summed E-state index contributed by atoms with van der Waals surface area (Å²) in [7, 11) is 2.05. The summed E-state index contributed by atoms with van der Waals surface area (Å²) in [6.45, 7) is 4.35. The van der Waals surface area contributed by atoms with E-state index >= 15 is 0 Å². The average Bonchev–Trinajstić information content (AvgIpc) is 2.81. The lowest BCUT2D eigenvalue weighted by Crippen LogP contribution is -2.30. The first-order valence-electron chi connectivity index (χ1n) is 9.87. The number of benzene rings is 2. The molecular weight excluding hydrogens is 290 g/mol. The van der Waals surface area contributed by atoms with Gasteiger partial charge in [0, 0.05) is 27.2 Å². The number of nitrogens with zero attached hydrogens (tertiary/aromatic N) is 1. The van der Waals surface area contributed by atoms with Gasteiger partial charge >= 0.3 is 0 Å². The molecule has 0 bridgehead atoms. The van der Waals surface area contributed by atoms with Crippen molar-refractivity contribution >= 4 is 0 Å². The van der Waals surface area contributed by atoms with Crippen molar-refractivity contribution in [1.82, 2.24) is 0 Å². The van der Waals surface area contributed by atoms with Crippen molar-refractivity contribution in [2.45, 2.75) is 33.0 Å². The van der Waals surface area contributed by atoms with Crippen LogP contribution in [0.1, 0.15) is 40.2 Å². The van der Waals surface area contributed by atoms with Gasteiger partial charge in [0.1, 0.15) is 7.05 Å². The Morgan fingerprint density at radius 1 is 0.917 bits per heavy atom.